The highest BCUT2D eigenvalue weighted by Gasteiger charge is 2.30. The van der Waals surface area contributed by atoms with Crippen LogP contribution in [0.1, 0.15) is 23.7 Å². The monoisotopic (exact) mass is 294 g/mol. The third-order valence-electron chi connectivity index (χ3n) is 3.17. The number of nitrogens with one attached hydrogen (secondary N) is 1. The summed E-state index contributed by atoms with van der Waals surface area (Å²) in [4.78, 5) is 25.4. The highest BCUT2D eigenvalue weighted by Crippen LogP contribution is 2.31. The van der Waals surface area contributed by atoms with Crippen LogP contribution in [-0.4, -0.2) is 37.3 Å². The predicted octanol–water partition coefficient (Wildman–Crippen LogP) is 1.94. The fraction of sp³-hybridized carbons (Fsp3) is 0.429. The molecule has 0 radical (unpaired) electrons. The van der Waals surface area contributed by atoms with Crippen molar-refractivity contribution in [3.8, 4) is 0 Å². The van der Waals surface area contributed by atoms with E-state index in [4.69, 9.17) is 4.74 Å². The Morgan fingerprint density at radius 2 is 2.30 bits per heavy atom. The van der Waals surface area contributed by atoms with Crippen LogP contribution in [0.3, 0.4) is 0 Å². The first-order valence-corrected chi connectivity index (χ1v) is 7.05. The van der Waals surface area contributed by atoms with Crippen molar-refractivity contribution in [2.75, 3.05) is 30.4 Å². The molecule has 1 aliphatic rings. The molecule has 1 atom stereocenters. The molecule has 1 heterocycles. The van der Waals surface area contributed by atoms with Crippen LogP contribution in [0.25, 0.3) is 0 Å². The van der Waals surface area contributed by atoms with E-state index in [1.165, 1.54) is 0 Å². The van der Waals surface area contributed by atoms with Crippen LogP contribution in [0.15, 0.2) is 18.2 Å². The Balaban J connectivity index is 2.37. The van der Waals surface area contributed by atoms with E-state index < -0.39 is 0 Å². The number of ether oxygens (including phenoxy) is 1. The lowest BCUT2D eigenvalue weighted by atomic mass is 10.1. The Morgan fingerprint density at radius 1 is 1.55 bits per heavy atom. The van der Waals surface area contributed by atoms with Gasteiger partial charge in [0.15, 0.2) is 0 Å². The zero-order chi connectivity index (χ0) is 14.7. The van der Waals surface area contributed by atoms with Gasteiger partial charge in [0, 0.05) is 25.3 Å². The summed E-state index contributed by atoms with van der Waals surface area (Å²) in [6.07, 6.45) is 0.413. The summed E-state index contributed by atoms with van der Waals surface area (Å²) in [5.74, 6) is -0.368. The zero-order valence-corrected chi connectivity index (χ0v) is 12.4. The molecule has 5 nitrogen and oxygen atoms in total. The molecule has 1 aromatic rings. The zero-order valence-electron chi connectivity index (χ0n) is 11.5. The van der Waals surface area contributed by atoms with E-state index in [1.54, 1.807) is 37.1 Å². The summed E-state index contributed by atoms with van der Waals surface area (Å²) < 4.78 is 4.99. The highest BCUT2D eigenvalue weighted by atomic mass is 32.1. The van der Waals surface area contributed by atoms with Crippen molar-refractivity contribution in [2.45, 2.75) is 18.6 Å². The van der Waals surface area contributed by atoms with Crippen molar-refractivity contribution in [2.24, 2.45) is 0 Å². The van der Waals surface area contributed by atoms with Gasteiger partial charge in [-0.2, -0.15) is 12.6 Å². The van der Waals surface area contributed by atoms with Crippen LogP contribution in [-0.2, 0) is 9.53 Å². The van der Waals surface area contributed by atoms with E-state index in [1.807, 2.05) is 0 Å². The van der Waals surface area contributed by atoms with Gasteiger partial charge in [0.1, 0.15) is 0 Å². The lowest BCUT2D eigenvalue weighted by molar-refractivity contribution is -0.117. The number of hydrogen-bond acceptors (Lipinski definition) is 5. The summed E-state index contributed by atoms with van der Waals surface area (Å²) in [7, 11) is 1.78. The Labute approximate surface area is 123 Å². The minimum atomic E-state index is -0.384. The first-order valence-electron chi connectivity index (χ1n) is 6.54. The van der Waals surface area contributed by atoms with Crippen LogP contribution in [0, 0.1) is 0 Å². The van der Waals surface area contributed by atoms with Gasteiger partial charge >= 0.3 is 5.97 Å². The highest BCUT2D eigenvalue weighted by molar-refractivity contribution is 7.81. The smallest absolute Gasteiger partial charge is 0.338 e. The summed E-state index contributed by atoms with van der Waals surface area (Å²) in [6, 6.07) is 5.15. The van der Waals surface area contributed by atoms with Crippen LogP contribution in [0.5, 0.6) is 0 Å². The average Bonchev–Trinajstić information content (AvgIpc) is 2.77. The van der Waals surface area contributed by atoms with Crippen molar-refractivity contribution in [3.63, 3.8) is 0 Å². The fourth-order valence-electron chi connectivity index (χ4n) is 2.23. The largest absolute Gasteiger partial charge is 0.462 e. The molecule has 0 aliphatic carbocycles. The molecule has 1 saturated heterocycles. The maximum atomic E-state index is 12.0. The molecule has 1 unspecified atom stereocenters. The molecule has 6 heteroatoms. The summed E-state index contributed by atoms with van der Waals surface area (Å²) in [6.45, 7) is 2.63. The molecule has 0 spiro atoms. The van der Waals surface area contributed by atoms with Crippen LogP contribution in [0.4, 0.5) is 11.4 Å². The molecule has 2 rings (SSSR count). The van der Waals surface area contributed by atoms with Crippen LogP contribution >= 0.6 is 12.6 Å². The Kier molecular flexibility index (Phi) is 4.54. The van der Waals surface area contributed by atoms with Gasteiger partial charge in [-0.1, -0.05) is 0 Å². The molecule has 1 aliphatic heterocycles. The van der Waals surface area contributed by atoms with Crippen LogP contribution < -0.4 is 10.2 Å². The van der Waals surface area contributed by atoms with E-state index in [0.717, 1.165) is 5.69 Å². The Morgan fingerprint density at radius 3 is 2.85 bits per heavy atom. The molecule has 0 aromatic heterocycles. The number of carbonyl (C=O) groups is 2. The normalized spacial score (nSPS) is 18.2. The third-order valence-corrected chi connectivity index (χ3v) is 3.52. The fourth-order valence-corrected chi connectivity index (χ4v) is 2.55. The third kappa shape index (κ3) is 2.90. The first-order chi connectivity index (χ1) is 9.56. The number of nitrogens with zero attached hydrogens (tertiary/aromatic N) is 1. The topological polar surface area (TPSA) is 58.6 Å². The van der Waals surface area contributed by atoms with E-state index >= 15 is 0 Å². The van der Waals surface area contributed by atoms with Gasteiger partial charge in [-0.3, -0.25) is 4.79 Å². The van der Waals surface area contributed by atoms with E-state index in [9.17, 15) is 9.59 Å². The van der Waals surface area contributed by atoms with E-state index in [2.05, 4.69) is 17.9 Å². The second kappa shape index (κ2) is 6.17. The molecule has 1 aromatic carbocycles. The predicted molar refractivity (Wildman–Crippen MR) is 81.7 cm³/mol. The lowest BCUT2D eigenvalue weighted by Crippen LogP contribution is -2.26. The van der Waals surface area contributed by atoms with Gasteiger partial charge in [-0.25, -0.2) is 4.79 Å². The van der Waals surface area contributed by atoms with Crippen molar-refractivity contribution >= 4 is 35.9 Å². The molecule has 0 bridgehead atoms. The summed E-state index contributed by atoms with van der Waals surface area (Å²) >= 11 is 4.35. The minimum Gasteiger partial charge on any atom is -0.462 e. The maximum Gasteiger partial charge on any atom is 0.338 e. The summed E-state index contributed by atoms with van der Waals surface area (Å²) in [5, 5.41) is 3.06. The number of thiol groups is 1. The molecule has 0 saturated carbocycles. The first kappa shape index (κ1) is 14.7. The molecule has 1 amide bonds. The molecule has 108 valence electrons. The standard InChI is InChI=1S/C14H18N2O3S/c1-3-19-14(18)9-4-5-11(15-2)12(6-9)16-8-10(20)7-13(16)17/h4-6,10,15,20H,3,7-8H2,1-2H3. The molecular weight excluding hydrogens is 276 g/mol. The number of esters is 1. The Hall–Kier alpha value is -1.69. The van der Waals surface area contributed by atoms with Gasteiger partial charge in [-0.15, -0.1) is 0 Å². The van der Waals surface area contributed by atoms with Gasteiger partial charge < -0.3 is 15.0 Å². The SMILES string of the molecule is CCOC(=O)c1ccc(NC)c(N2CC(S)CC2=O)c1. The van der Waals surface area contributed by atoms with Crippen molar-refractivity contribution in [1.29, 1.82) is 0 Å². The minimum absolute atomic E-state index is 0.0162. The number of rotatable bonds is 4. The van der Waals surface area contributed by atoms with Gasteiger partial charge in [0.25, 0.3) is 0 Å². The van der Waals surface area contributed by atoms with Crippen LogP contribution in [0.2, 0.25) is 0 Å². The number of amides is 1. The molecule has 20 heavy (non-hydrogen) atoms. The van der Waals surface area contributed by atoms with Crippen molar-refractivity contribution < 1.29 is 14.3 Å². The van der Waals surface area contributed by atoms with Gasteiger partial charge in [-0.05, 0) is 25.1 Å². The van der Waals surface area contributed by atoms with E-state index in [-0.39, 0.29) is 17.1 Å². The quantitative estimate of drug-likeness (QED) is 0.658. The molecule has 1 N–H and O–H groups in total. The number of hydrogen-bond donors (Lipinski definition) is 2. The van der Waals surface area contributed by atoms with Gasteiger partial charge in [0.2, 0.25) is 5.91 Å². The Bertz CT molecular complexity index is 533. The van der Waals surface area contributed by atoms with E-state index in [0.29, 0.717) is 30.8 Å². The second-order valence-electron chi connectivity index (χ2n) is 4.56. The number of anilines is 2. The average molecular weight is 294 g/mol. The molecular formula is C14H18N2O3S. The van der Waals surface area contributed by atoms with Gasteiger partial charge in [0.05, 0.1) is 23.5 Å². The van der Waals surface area contributed by atoms with Crippen molar-refractivity contribution in [3.05, 3.63) is 23.8 Å². The second-order valence-corrected chi connectivity index (χ2v) is 5.29. The van der Waals surface area contributed by atoms with Crippen molar-refractivity contribution in [1.82, 2.24) is 0 Å². The summed E-state index contributed by atoms with van der Waals surface area (Å²) in [5.41, 5.74) is 1.93. The number of benzene rings is 1. The lowest BCUT2D eigenvalue weighted by Gasteiger charge is -2.20. The molecule has 1 fully saturated rings. The number of carbonyl (C=O) groups excluding carboxylic acids is 2. The maximum absolute atomic E-state index is 12.0.